The number of halogens is 3. The molecule has 0 bridgehead atoms. The Balaban J connectivity index is 0.00000256. The van der Waals surface area contributed by atoms with E-state index in [1.165, 1.54) is 4.57 Å². The molecule has 1 aliphatic carbocycles. The number of nitrogens with one attached hydrogen (secondary N) is 1. The van der Waals surface area contributed by atoms with Crippen LogP contribution in [0.15, 0.2) is 41.3 Å². The zero-order valence-electron chi connectivity index (χ0n) is 16.2. The highest BCUT2D eigenvalue weighted by Crippen LogP contribution is 2.27. The monoisotopic (exact) mass is 452 g/mol. The minimum absolute atomic E-state index is 0. The summed E-state index contributed by atoms with van der Waals surface area (Å²) in [5.74, 6) is 0.399. The van der Waals surface area contributed by atoms with Crippen LogP contribution in [0.3, 0.4) is 0 Å². The smallest absolute Gasteiger partial charge is 0.260 e. The molecular weight excluding hydrogens is 430 g/mol. The molecule has 4 rings (SSSR count). The molecule has 0 unspecified atom stereocenters. The molecule has 0 saturated heterocycles. The van der Waals surface area contributed by atoms with Gasteiger partial charge in [-0.1, -0.05) is 29.8 Å². The summed E-state index contributed by atoms with van der Waals surface area (Å²) >= 11 is 6.27. The molecular formula is C21H23Cl2FN4O2. The Kier molecular flexibility index (Phi) is 7.28. The number of hydrogen-bond donors (Lipinski definition) is 2. The Morgan fingerprint density at radius 3 is 2.63 bits per heavy atom. The fourth-order valence-corrected chi connectivity index (χ4v) is 4.03. The number of pyridine rings is 1. The van der Waals surface area contributed by atoms with Gasteiger partial charge in [-0.05, 0) is 37.8 Å². The summed E-state index contributed by atoms with van der Waals surface area (Å²) in [7, 11) is 0. The van der Waals surface area contributed by atoms with E-state index >= 15 is 0 Å². The molecule has 0 atom stereocenters. The number of aliphatic hydroxyl groups excluding tert-OH is 1. The summed E-state index contributed by atoms with van der Waals surface area (Å²) < 4.78 is 14.6. The first-order valence-electron chi connectivity index (χ1n) is 9.73. The number of hydrogen-bond acceptors (Lipinski definition) is 5. The van der Waals surface area contributed by atoms with Crippen molar-refractivity contribution < 1.29 is 9.50 Å². The van der Waals surface area contributed by atoms with E-state index in [1.807, 2.05) is 0 Å². The molecule has 0 amide bonds. The van der Waals surface area contributed by atoms with Gasteiger partial charge in [0.25, 0.3) is 5.56 Å². The quantitative estimate of drug-likeness (QED) is 0.605. The van der Waals surface area contributed by atoms with Crippen molar-refractivity contribution in [2.24, 2.45) is 0 Å². The van der Waals surface area contributed by atoms with Crippen molar-refractivity contribution in [3.05, 3.63) is 51.9 Å². The van der Waals surface area contributed by atoms with Crippen molar-refractivity contribution in [1.29, 1.82) is 0 Å². The van der Waals surface area contributed by atoms with E-state index in [4.69, 9.17) is 11.6 Å². The first-order chi connectivity index (χ1) is 14.1. The maximum absolute atomic E-state index is 13.2. The Morgan fingerprint density at radius 1 is 1.20 bits per heavy atom. The third-order valence-electron chi connectivity index (χ3n) is 5.33. The Morgan fingerprint density at radius 2 is 1.93 bits per heavy atom. The lowest BCUT2D eigenvalue weighted by atomic mass is 9.93. The molecule has 1 fully saturated rings. The lowest BCUT2D eigenvalue weighted by Crippen LogP contribution is -2.29. The Labute approximate surface area is 184 Å². The Bertz CT molecular complexity index is 1080. The molecule has 30 heavy (non-hydrogen) atoms. The van der Waals surface area contributed by atoms with Crippen LogP contribution < -0.4 is 10.9 Å². The summed E-state index contributed by atoms with van der Waals surface area (Å²) in [6.45, 7) is -0.784. The lowest BCUT2D eigenvalue weighted by Gasteiger charge is -2.26. The van der Waals surface area contributed by atoms with Gasteiger partial charge in [-0.25, -0.2) is 9.37 Å². The number of alkyl halides is 1. The van der Waals surface area contributed by atoms with Crippen molar-refractivity contribution in [2.75, 3.05) is 12.0 Å². The molecule has 0 spiro atoms. The van der Waals surface area contributed by atoms with E-state index in [0.717, 1.165) is 25.7 Å². The molecule has 2 aromatic heterocycles. The van der Waals surface area contributed by atoms with Crippen LogP contribution in [0.25, 0.3) is 22.2 Å². The van der Waals surface area contributed by atoms with Crippen LogP contribution in [0.5, 0.6) is 0 Å². The number of rotatable bonds is 5. The largest absolute Gasteiger partial charge is 0.393 e. The van der Waals surface area contributed by atoms with Gasteiger partial charge in [-0.3, -0.25) is 9.36 Å². The molecule has 1 saturated carbocycles. The predicted molar refractivity (Wildman–Crippen MR) is 119 cm³/mol. The van der Waals surface area contributed by atoms with Gasteiger partial charge in [0, 0.05) is 33.8 Å². The summed E-state index contributed by atoms with van der Waals surface area (Å²) in [6.07, 6.45) is 4.51. The van der Waals surface area contributed by atoms with Gasteiger partial charge < -0.3 is 10.4 Å². The summed E-state index contributed by atoms with van der Waals surface area (Å²) in [5.41, 5.74) is 1.03. The number of anilines is 1. The molecule has 0 radical (unpaired) electrons. The first-order valence-corrected chi connectivity index (χ1v) is 10.1. The summed E-state index contributed by atoms with van der Waals surface area (Å²) in [6, 6.07) is 8.94. The Hall–Kier alpha value is -2.22. The van der Waals surface area contributed by atoms with Crippen LogP contribution in [0.1, 0.15) is 25.7 Å². The SMILES string of the molecule is Cl.O=c1c(-c2ccccc2Cl)cc2cnc(NC3CCC(O)CC3)nc2n1CCF. The highest BCUT2D eigenvalue weighted by atomic mass is 35.5. The van der Waals surface area contributed by atoms with E-state index in [1.54, 1.807) is 36.5 Å². The van der Waals surface area contributed by atoms with Crippen molar-refractivity contribution in [2.45, 2.75) is 44.4 Å². The standard InChI is InChI=1S/C21H22ClFN4O2.ClH/c22-18-4-2-1-3-16(18)17-11-13-12-24-21(25-14-5-7-15(28)8-6-14)26-19(13)27(10-9-23)20(17)29;/h1-4,11-12,14-15,28H,5-10H2,(H,24,25,26);1H. The average molecular weight is 453 g/mol. The third-order valence-corrected chi connectivity index (χ3v) is 5.66. The van der Waals surface area contributed by atoms with Gasteiger partial charge in [0.1, 0.15) is 12.3 Å². The van der Waals surface area contributed by atoms with E-state index in [9.17, 15) is 14.3 Å². The minimum atomic E-state index is -0.686. The van der Waals surface area contributed by atoms with Gasteiger partial charge in [-0.15, -0.1) is 12.4 Å². The van der Waals surface area contributed by atoms with Gasteiger partial charge in [0.15, 0.2) is 0 Å². The van der Waals surface area contributed by atoms with Crippen LogP contribution in [-0.4, -0.2) is 38.5 Å². The molecule has 9 heteroatoms. The maximum Gasteiger partial charge on any atom is 0.260 e. The minimum Gasteiger partial charge on any atom is -0.393 e. The molecule has 1 aromatic carbocycles. The first kappa shape index (κ1) is 22.5. The lowest BCUT2D eigenvalue weighted by molar-refractivity contribution is 0.126. The van der Waals surface area contributed by atoms with Gasteiger partial charge in [0.05, 0.1) is 12.6 Å². The normalized spacial score (nSPS) is 18.8. The van der Waals surface area contributed by atoms with Crippen LogP contribution in [0.4, 0.5) is 10.3 Å². The number of nitrogens with zero attached hydrogens (tertiary/aromatic N) is 3. The molecule has 3 aromatic rings. The van der Waals surface area contributed by atoms with Gasteiger partial charge >= 0.3 is 0 Å². The van der Waals surface area contributed by atoms with Gasteiger partial charge in [-0.2, -0.15) is 4.98 Å². The van der Waals surface area contributed by atoms with Crippen molar-refractivity contribution >= 4 is 41.0 Å². The van der Waals surface area contributed by atoms with Crippen LogP contribution in [-0.2, 0) is 6.54 Å². The van der Waals surface area contributed by atoms with E-state index in [-0.39, 0.29) is 36.7 Å². The second-order valence-electron chi connectivity index (χ2n) is 7.31. The van der Waals surface area contributed by atoms with Crippen LogP contribution in [0, 0.1) is 0 Å². The number of aliphatic hydroxyl groups is 1. The third kappa shape index (κ3) is 4.58. The highest BCUT2D eigenvalue weighted by Gasteiger charge is 2.20. The second-order valence-corrected chi connectivity index (χ2v) is 7.71. The molecule has 160 valence electrons. The number of aromatic nitrogens is 3. The fourth-order valence-electron chi connectivity index (χ4n) is 3.80. The van der Waals surface area contributed by atoms with E-state index in [0.29, 0.717) is 33.1 Å². The molecule has 2 N–H and O–H groups in total. The van der Waals surface area contributed by atoms with Crippen molar-refractivity contribution in [3.8, 4) is 11.1 Å². The number of aryl methyl sites for hydroxylation is 1. The van der Waals surface area contributed by atoms with Gasteiger partial charge in [0.2, 0.25) is 5.95 Å². The number of benzene rings is 1. The fraction of sp³-hybridized carbons (Fsp3) is 0.381. The van der Waals surface area contributed by atoms with E-state index < -0.39 is 6.67 Å². The van der Waals surface area contributed by atoms with Crippen LogP contribution in [0.2, 0.25) is 5.02 Å². The van der Waals surface area contributed by atoms with Crippen molar-refractivity contribution in [3.63, 3.8) is 0 Å². The second kappa shape index (κ2) is 9.73. The van der Waals surface area contributed by atoms with E-state index in [2.05, 4.69) is 15.3 Å². The summed E-state index contributed by atoms with van der Waals surface area (Å²) in [4.78, 5) is 22.0. The maximum atomic E-state index is 13.2. The topological polar surface area (TPSA) is 80.0 Å². The number of fused-ring (bicyclic) bond motifs is 1. The van der Waals surface area contributed by atoms with Crippen LogP contribution >= 0.6 is 24.0 Å². The molecule has 1 aliphatic rings. The van der Waals surface area contributed by atoms with Crippen molar-refractivity contribution in [1.82, 2.24) is 14.5 Å². The average Bonchev–Trinajstić information content (AvgIpc) is 2.72. The highest BCUT2D eigenvalue weighted by molar-refractivity contribution is 6.33. The molecule has 0 aliphatic heterocycles. The molecule has 2 heterocycles. The molecule has 6 nitrogen and oxygen atoms in total. The summed E-state index contributed by atoms with van der Waals surface area (Å²) in [5, 5.41) is 14.0. The zero-order valence-corrected chi connectivity index (χ0v) is 17.8. The predicted octanol–water partition coefficient (Wildman–Crippen LogP) is 4.22. The zero-order chi connectivity index (χ0) is 20.4.